The molecule has 0 spiro atoms. The van der Waals surface area contributed by atoms with Gasteiger partial charge in [0, 0.05) is 7.05 Å². The van der Waals surface area contributed by atoms with Gasteiger partial charge in [0.05, 0.1) is 12.8 Å². The smallest absolute Gasteiger partial charge is 0.333 e. The van der Waals surface area contributed by atoms with Gasteiger partial charge in [0.25, 0.3) is 5.56 Å². The number of H-pyrrole nitrogens is 1. The lowest BCUT2D eigenvalue weighted by Gasteiger charge is -2.03. The average Bonchev–Trinajstić information content (AvgIpc) is 3.16. The molecule has 3 aromatic rings. The van der Waals surface area contributed by atoms with E-state index >= 15 is 0 Å². The van der Waals surface area contributed by atoms with Crippen molar-refractivity contribution in [2.75, 3.05) is 0 Å². The number of aryl methyl sites for hydroxylation is 1. The summed E-state index contributed by atoms with van der Waals surface area (Å²) in [6.07, 6.45) is 10.1. The van der Waals surface area contributed by atoms with Crippen LogP contribution in [0.3, 0.4) is 0 Å². The van der Waals surface area contributed by atoms with Crippen molar-refractivity contribution < 1.29 is 4.42 Å². The monoisotopic (exact) mass is 296 g/mol. The Morgan fingerprint density at radius 2 is 2.27 bits per heavy atom. The predicted molar refractivity (Wildman–Crippen MR) is 82.1 cm³/mol. The third-order valence-corrected chi connectivity index (χ3v) is 3.20. The first-order valence-corrected chi connectivity index (χ1v) is 6.46. The fourth-order valence-electron chi connectivity index (χ4n) is 2.12. The van der Waals surface area contributed by atoms with Crippen LogP contribution in [0.4, 0.5) is 0 Å². The summed E-state index contributed by atoms with van der Waals surface area (Å²) in [5.41, 5.74) is -0.469. The lowest BCUT2D eigenvalue weighted by atomic mass is 10.4. The summed E-state index contributed by atoms with van der Waals surface area (Å²) in [6.45, 7) is -0.0853. The quantitative estimate of drug-likeness (QED) is 0.725. The van der Waals surface area contributed by atoms with Crippen LogP contribution in [0.15, 0.2) is 32.4 Å². The van der Waals surface area contributed by atoms with Gasteiger partial charge in [-0.05, 0) is 24.3 Å². The Bertz CT molecular complexity index is 1010. The van der Waals surface area contributed by atoms with Gasteiger partial charge in [-0.1, -0.05) is 5.92 Å². The van der Waals surface area contributed by atoms with Crippen LogP contribution in [0.25, 0.3) is 23.3 Å². The number of aromatic nitrogens is 4. The molecule has 0 fully saturated rings. The Morgan fingerprint density at radius 3 is 2.95 bits per heavy atom. The maximum absolute atomic E-state index is 12.3. The van der Waals surface area contributed by atoms with Crippen molar-refractivity contribution in [2.45, 2.75) is 6.54 Å². The molecule has 3 rings (SSSR count). The minimum absolute atomic E-state index is 0.0853. The van der Waals surface area contributed by atoms with Gasteiger partial charge >= 0.3 is 5.69 Å². The highest BCUT2D eigenvalue weighted by molar-refractivity contribution is 5.74. The summed E-state index contributed by atoms with van der Waals surface area (Å²) in [5, 5.41) is 0. The van der Waals surface area contributed by atoms with E-state index in [1.165, 1.54) is 11.6 Å². The molecule has 0 aromatic carbocycles. The van der Waals surface area contributed by atoms with E-state index in [0.717, 1.165) is 4.57 Å². The molecule has 0 aliphatic carbocycles. The van der Waals surface area contributed by atoms with E-state index in [0.29, 0.717) is 11.6 Å². The van der Waals surface area contributed by atoms with Gasteiger partial charge in [-0.15, -0.1) is 6.42 Å². The predicted octanol–water partition coefficient (Wildman–Crippen LogP) is 0.820. The first-order valence-electron chi connectivity index (χ1n) is 6.46. The van der Waals surface area contributed by atoms with Gasteiger partial charge in [0.1, 0.15) is 17.1 Å². The van der Waals surface area contributed by atoms with Crippen molar-refractivity contribution in [1.82, 2.24) is 19.1 Å². The largest absolute Gasteiger partial charge is 0.465 e. The van der Waals surface area contributed by atoms with Gasteiger partial charge < -0.3 is 9.40 Å². The average molecular weight is 296 g/mol. The standard InChI is InChI=1S/C15H12N4O3/c1-3-8-19-14(20)12-13(18(2)15(19)21)17-11(16-12)7-6-10-5-4-9-22-10/h1,4-7,9H,8H2,2H3,(H,16,17)/b7-6+. The number of fused-ring (bicyclic) bond motifs is 1. The second-order valence-electron chi connectivity index (χ2n) is 4.61. The Kier molecular flexibility index (Phi) is 3.27. The lowest BCUT2D eigenvalue weighted by Crippen LogP contribution is -2.38. The van der Waals surface area contributed by atoms with Gasteiger partial charge in [-0.2, -0.15) is 0 Å². The topological polar surface area (TPSA) is 85.8 Å². The molecule has 1 N–H and O–H groups in total. The Hall–Kier alpha value is -3.27. The van der Waals surface area contributed by atoms with Crippen LogP contribution in [0.2, 0.25) is 0 Å². The molecule has 3 aromatic heterocycles. The van der Waals surface area contributed by atoms with Crippen LogP contribution >= 0.6 is 0 Å². The van der Waals surface area contributed by atoms with Crippen molar-refractivity contribution in [2.24, 2.45) is 7.05 Å². The van der Waals surface area contributed by atoms with Crippen molar-refractivity contribution in [3.05, 3.63) is 50.8 Å². The molecule has 7 heteroatoms. The second kappa shape index (κ2) is 5.26. The van der Waals surface area contributed by atoms with Crippen molar-refractivity contribution in [3.63, 3.8) is 0 Å². The zero-order chi connectivity index (χ0) is 15.7. The molecule has 0 amide bonds. The Labute approximate surface area is 124 Å². The summed E-state index contributed by atoms with van der Waals surface area (Å²) in [7, 11) is 1.54. The van der Waals surface area contributed by atoms with E-state index in [1.54, 1.807) is 30.5 Å². The SMILES string of the molecule is C#CCn1c(=O)c2[nH]c(/C=C/c3ccco3)nc2n(C)c1=O. The summed E-state index contributed by atoms with van der Waals surface area (Å²) in [6, 6.07) is 3.55. The summed E-state index contributed by atoms with van der Waals surface area (Å²) in [5.74, 6) is 3.39. The van der Waals surface area contributed by atoms with E-state index in [2.05, 4.69) is 15.9 Å². The Morgan fingerprint density at radius 1 is 1.45 bits per heavy atom. The molecule has 3 heterocycles. The minimum Gasteiger partial charge on any atom is -0.465 e. The number of nitrogens with one attached hydrogen (secondary N) is 1. The van der Waals surface area contributed by atoms with Crippen LogP contribution < -0.4 is 11.2 Å². The molecule has 0 atom stereocenters. The van der Waals surface area contributed by atoms with Crippen molar-refractivity contribution in [1.29, 1.82) is 0 Å². The number of rotatable bonds is 3. The molecule has 7 nitrogen and oxygen atoms in total. The van der Waals surface area contributed by atoms with Gasteiger partial charge in [-0.25, -0.2) is 14.3 Å². The fraction of sp³-hybridized carbons (Fsp3) is 0.133. The number of hydrogen-bond donors (Lipinski definition) is 1. The van der Waals surface area contributed by atoms with E-state index in [-0.39, 0.29) is 17.7 Å². The zero-order valence-electron chi connectivity index (χ0n) is 11.7. The summed E-state index contributed by atoms with van der Waals surface area (Å²) >= 11 is 0. The van der Waals surface area contributed by atoms with E-state index in [1.807, 2.05) is 0 Å². The highest BCUT2D eigenvalue weighted by atomic mass is 16.3. The second-order valence-corrected chi connectivity index (χ2v) is 4.61. The number of aromatic amines is 1. The first-order chi connectivity index (χ1) is 10.6. The lowest BCUT2D eigenvalue weighted by molar-refractivity contribution is 0.557. The molecular formula is C15H12N4O3. The number of hydrogen-bond acceptors (Lipinski definition) is 4. The maximum atomic E-state index is 12.3. The first kappa shape index (κ1) is 13.7. The van der Waals surface area contributed by atoms with Crippen LogP contribution in [0.1, 0.15) is 11.6 Å². The molecule has 110 valence electrons. The van der Waals surface area contributed by atoms with Gasteiger partial charge in [0.15, 0.2) is 5.65 Å². The van der Waals surface area contributed by atoms with E-state index in [4.69, 9.17) is 10.8 Å². The molecule has 0 saturated carbocycles. The third-order valence-electron chi connectivity index (χ3n) is 3.20. The summed E-state index contributed by atoms with van der Waals surface area (Å²) < 4.78 is 7.45. The molecule has 22 heavy (non-hydrogen) atoms. The van der Waals surface area contributed by atoms with Crippen LogP contribution in [-0.4, -0.2) is 19.1 Å². The Balaban J connectivity index is 2.16. The zero-order valence-corrected chi connectivity index (χ0v) is 11.7. The van der Waals surface area contributed by atoms with Crippen molar-refractivity contribution >= 4 is 23.3 Å². The van der Waals surface area contributed by atoms with Gasteiger partial charge in [0.2, 0.25) is 0 Å². The summed E-state index contributed by atoms with van der Waals surface area (Å²) in [4.78, 5) is 31.5. The third kappa shape index (κ3) is 2.16. The fourth-order valence-corrected chi connectivity index (χ4v) is 2.12. The minimum atomic E-state index is -0.497. The van der Waals surface area contributed by atoms with Crippen LogP contribution in [0, 0.1) is 12.3 Å². The molecule has 0 saturated heterocycles. The maximum Gasteiger partial charge on any atom is 0.333 e. The van der Waals surface area contributed by atoms with Crippen LogP contribution in [-0.2, 0) is 13.6 Å². The number of nitrogens with zero attached hydrogens (tertiary/aromatic N) is 3. The van der Waals surface area contributed by atoms with Crippen molar-refractivity contribution in [3.8, 4) is 12.3 Å². The highest BCUT2D eigenvalue weighted by Crippen LogP contribution is 2.09. The van der Waals surface area contributed by atoms with Crippen LogP contribution in [0.5, 0.6) is 0 Å². The number of terminal acetylenes is 1. The van der Waals surface area contributed by atoms with E-state index in [9.17, 15) is 9.59 Å². The van der Waals surface area contributed by atoms with Gasteiger partial charge in [-0.3, -0.25) is 9.36 Å². The number of furan rings is 1. The molecule has 0 unspecified atom stereocenters. The molecule has 0 aliphatic rings. The number of imidazole rings is 1. The normalized spacial score (nSPS) is 11.3. The van der Waals surface area contributed by atoms with E-state index < -0.39 is 11.2 Å². The molecule has 0 bridgehead atoms. The molecule has 0 radical (unpaired) electrons. The highest BCUT2D eigenvalue weighted by Gasteiger charge is 2.13. The molecule has 0 aliphatic heterocycles. The molecular weight excluding hydrogens is 284 g/mol.